The molecule has 0 fully saturated rings. The van der Waals surface area contributed by atoms with E-state index >= 15 is 0 Å². The molecule has 134 valence electrons. The van der Waals surface area contributed by atoms with Crippen molar-refractivity contribution in [2.24, 2.45) is 0 Å². The Morgan fingerprint density at radius 2 is 1.92 bits per heavy atom. The largest absolute Gasteiger partial charge is 0.387 e. The number of aromatic nitrogens is 2. The Morgan fingerprint density at radius 1 is 1.23 bits per heavy atom. The van der Waals surface area contributed by atoms with Gasteiger partial charge in [-0.25, -0.2) is 4.79 Å². The van der Waals surface area contributed by atoms with Crippen molar-refractivity contribution in [1.82, 2.24) is 9.13 Å². The number of nitro benzene ring substituents is 1. The fourth-order valence-electron chi connectivity index (χ4n) is 2.78. The minimum Gasteiger partial charge on any atom is -0.387 e. The van der Waals surface area contributed by atoms with Crippen LogP contribution in [0.4, 0.5) is 5.69 Å². The molecule has 3 rings (SSSR count). The summed E-state index contributed by atoms with van der Waals surface area (Å²) in [5.74, 6) is 0. The number of aryl methyl sites for hydroxylation is 1. The molecule has 0 radical (unpaired) electrons. The summed E-state index contributed by atoms with van der Waals surface area (Å²) >= 11 is 5.84. The molecule has 0 aliphatic carbocycles. The van der Waals surface area contributed by atoms with E-state index in [1.165, 1.54) is 27.3 Å². The van der Waals surface area contributed by atoms with Crippen molar-refractivity contribution >= 4 is 17.3 Å². The van der Waals surface area contributed by atoms with E-state index in [0.717, 1.165) is 0 Å². The topological polar surface area (TPSA) is 90.3 Å². The molecule has 0 aliphatic heterocycles. The molecule has 1 heterocycles. The first-order chi connectivity index (χ1) is 12.4. The first kappa shape index (κ1) is 17.9. The Hall–Kier alpha value is -2.90. The van der Waals surface area contributed by atoms with Crippen LogP contribution in [0, 0.1) is 17.0 Å². The monoisotopic (exact) mass is 373 g/mol. The van der Waals surface area contributed by atoms with Gasteiger partial charge in [-0.1, -0.05) is 29.8 Å². The maximum absolute atomic E-state index is 12.7. The second-order valence-electron chi connectivity index (χ2n) is 5.89. The van der Waals surface area contributed by atoms with Crippen molar-refractivity contribution < 1.29 is 10.0 Å². The zero-order valence-corrected chi connectivity index (χ0v) is 14.6. The van der Waals surface area contributed by atoms with Gasteiger partial charge in [-0.2, -0.15) is 0 Å². The lowest BCUT2D eigenvalue weighted by Crippen LogP contribution is -2.25. The highest BCUT2D eigenvalue weighted by Crippen LogP contribution is 2.19. The SMILES string of the molecule is Cc1cn(CC(O)c2ccc(Cl)cc2)c(=O)n1-c1cccc([N+](=O)[O-])c1. The van der Waals surface area contributed by atoms with E-state index < -0.39 is 11.0 Å². The third-order valence-electron chi connectivity index (χ3n) is 4.06. The highest BCUT2D eigenvalue weighted by atomic mass is 35.5. The quantitative estimate of drug-likeness (QED) is 0.549. The van der Waals surface area contributed by atoms with Crippen molar-refractivity contribution in [3.63, 3.8) is 0 Å². The van der Waals surface area contributed by atoms with Gasteiger partial charge in [0.15, 0.2) is 0 Å². The van der Waals surface area contributed by atoms with Gasteiger partial charge in [-0.3, -0.25) is 19.2 Å². The van der Waals surface area contributed by atoms with Crippen molar-refractivity contribution in [3.8, 4) is 5.69 Å². The van der Waals surface area contributed by atoms with Gasteiger partial charge in [0, 0.05) is 29.0 Å². The van der Waals surface area contributed by atoms with Crippen LogP contribution in [0.15, 0.2) is 59.5 Å². The second-order valence-corrected chi connectivity index (χ2v) is 6.32. The minimum absolute atomic E-state index is 0.0588. The fourth-order valence-corrected chi connectivity index (χ4v) is 2.91. The molecule has 0 saturated carbocycles. The average molecular weight is 374 g/mol. The smallest absolute Gasteiger partial charge is 0.333 e. The average Bonchev–Trinajstić information content (AvgIpc) is 2.89. The lowest BCUT2D eigenvalue weighted by Gasteiger charge is -2.11. The Kier molecular flexibility index (Phi) is 4.92. The van der Waals surface area contributed by atoms with Crippen LogP contribution in [0.3, 0.4) is 0 Å². The second kappa shape index (κ2) is 7.15. The van der Waals surface area contributed by atoms with Gasteiger partial charge >= 0.3 is 5.69 Å². The molecule has 8 heteroatoms. The number of non-ortho nitro benzene ring substituents is 1. The number of halogens is 1. The van der Waals surface area contributed by atoms with Gasteiger partial charge in [0.2, 0.25) is 0 Å². The third kappa shape index (κ3) is 3.54. The number of aliphatic hydroxyl groups excluding tert-OH is 1. The van der Waals surface area contributed by atoms with E-state index in [1.54, 1.807) is 43.5 Å². The highest BCUT2D eigenvalue weighted by Gasteiger charge is 2.16. The van der Waals surface area contributed by atoms with Crippen molar-refractivity contribution in [2.45, 2.75) is 19.6 Å². The molecule has 0 amide bonds. The van der Waals surface area contributed by atoms with E-state index in [-0.39, 0.29) is 17.9 Å². The molecule has 7 nitrogen and oxygen atoms in total. The number of hydrogen-bond acceptors (Lipinski definition) is 4. The summed E-state index contributed by atoms with van der Waals surface area (Å²) < 4.78 is 2.76. The minimum atomic E-state index is -0.884. The number of nitro groups is 1. The molecule has 0 spiro atoms. The summed E-state index contributed by atoms with van der Waals surface area (Å²) in [6.07, 6.45) is 0.727. The van der Waals surface area contributed by atoms with Crippen LogP contribution in [0.2, 0.25) is 5.02 Å². The summed E-state index contributed by atoms with van der Waals surface area (Å²) in [6, 6.07) is 12.6. The number of imidazole rings is 1. The zero-order chi connectivity index (χ0) is 18.8. The Bertz CT molecular complexity index is 1010. The lowest BCUT2D eigenvalue weighted by atomic mass is 10.1. The van der Waals surface area contributed by atoms with E-state index in [9.17, 15) is 20.0 Å². The molecular weight excluding hydrogens is 358 g/mol. The van der Waals surface area contributed by atoms with Crippen LogP contribution in [0.5, 0.6) is 0 Å². The van der Waals surface area contributed by atoms with Gasteiger partial charge in [-0.15, -0.1) is 0 Å². The highest BCUT2D eigenvalue weighted by molar-refractivity contribution is 6.30. The predicted octanol–water partition coefficient (Wildman–Crippen LogP) is 3.24. The van der Waals surface area contributed by atoms with Gasteiger partial charge < -0.3 is 5.11 Å². The summed E-state index contributed by atoms with van der Waals surface area (Å²) in [5, 5.41) is 21.9. The van der Waals surface area contributed by atoms with Crippen molar-refractivity contribution in [3.05, 3.63) is 91.6 Å². The predicted molar refractivity (Wildman–Crippen MR) is 97.8 cm³/mol. The number of aliphatic hydroxyl groups is 1. The standard InChI is InChI=1S/C18H16ClN3O4/c1-12-10-20(11-17(23)13-5-7-14(19)8-6-13)18(24)21(12)15-3-2-4-16(9-15)22(25)26/h2-10,17,23H,11H2,1H3. The third-order valence-corrected chi connectivity index (χ3v) is 4.31. The van der Waals surface area contributed by atoms with Crippen LogP contribution >= 0.6 is 11.6 Å². The van der Waals surface area contributed by atoms with Gasteiger partial charge in [0.05, 0.1) is 23.3 Å². The number of hydrogen-bond donors (Lipinski definition) is 1. The molecule has 0 aliphatic rings. The first-order valence-corrected chi connectivity index (χ1v) is 8.22. The van der Waals surface area contributed by atoms with Crippen molar-refractivity contribution in [2.75, 3.05) is 0 Å². The zero-order valence-electron chi connectivity index (χ0n) is 13.9. The Morgan fingerprint density at radius 3 is 2.58 bits per heavy atom. The summed E-state index contributed by atoms with van der Waals surface area (Å²) in [7, 11) is 0. The van der Waals surface area contributed by atoms with E-state index in [4.69, 9.17) is 11.6 Å². The van der Waals surface area contributed by atoms with Gasteiger partial charge in [0.1, 0.15) is 0 Å². The van der Waals surface area contributed by atoms with Crippen LogP contribution in [-0.2, 0) is 6.54 Å². The molecule has 2 aromatic carbocycles. The summed E-state index contributed by atoms with van der Waals surface area (Å²) in [6.45, 7) is 1.79. The normalized spacial score (nSPS) is 12.1. The summed E-state index contributed by atoms with van der Waals surface area (Å²) in [4.78, 5) is 23.2. The lowest BCUT2D eigenvalue weighted by molar-refractivity contribution is -0.384. The van der Waals surface area contributed by atoms with Crippen molar-refractivity contribution in [1.29, 1.82) is 0 Å². The fraction of sp³-hybridized carbons (Fsp3) is 0.167. The van der Waals surface area contributed by atoms with Crippen LogP contribution < -0.4 is 5.69 Å². The maximum atomic E-state index is 12.7. The summed E-state index contributed by atoms with van der Waals surface area (Å²) in [5.41, 5.74) is 1.18. The molecule has 1 aromatic heterocycles. The van der Waals surface area contributed by atoms with Crippen LogP contribution in [-0.4, -0.2) is 19.2 Å². The van der Waals surface area contributed by atoms with Crippen LogP contribution in [0.25, 0.3) is 5.69 Å². The van der Waals surface area contributed by atoms with E-state index in [1.807, 2.05) is 0 Å². The van der Waals surface area contributed by atoms with E-state index in [0.29, 0.717) is 22.0 Å². The van der Waals surface area contributed by atoms with Gasteiger partial charge in [-0.05, 0) is 30.7 Å². The Balaban J connectivity index is 1.93. The molecule has 1 N–H and O–H groups in total. The maximum Gasteiger partial charge on any atom is 0.333 e. The molecule has 0 bridgehead atoms. The first-order valence-electron chi connectivity index (χ1n) is 7.84. The van der Waals surface area contributed by atoms with Gasteiger partial charge in [0.25, 0.3) is 5.69 Å². The number of rotatable bonds is 5. The molecular formula is C18H16ClN3O4. The molecule has 0 saturated heterocycles. The number of benzene rings is 2. The molecule has 1 atom stereocenters. The number of nitrogens with zero attached hydrogens (tertiary/aromatic N) is 3. The molecule has 1 unspecified atom stereocenters. The molecule has 3 aromatic rings. The molecule has 26 heavy (non-hydrogen) atoms. The van der Waals surface area contributed by atoms with Crippen LogP contribution in [0.1, 0.15) is 17.4 Å². The van der Waals surface area contributed by atoms with E-state index in [2.05, 4.69) is 0 Å². The Labute approximate surface area is 153 Å².